The molecule has 16 heavy (non-hydrogen) atoms. The van der Waals surface area contributed by atoms with Gasteiger partial charge >= 0.3 is 0 Å². The minimum Gasteiger partial charge on any atom is -0.367 e. The Morgan fingerprint density at radius 1 is 1.19 bits per heavy atom. The molecule has 86 valence electrons. The van der Waals surface area contributed by atoms with Gasteiger partial charge in [-0.15, -0.1) is 0 Å². The highest BCUT2D eigenvalue weighted by molar-refractivity contribution is 5.38. The van der Waals surface area contributed by atoms with Crippen LogP contribution in [-0.4, -0.2) is 17.6 Å². The lowest BCUT2D eigenvalue weighted by Gasteiger charge is -2.23. The van der Waals surface area contributed by atoms with Crippen molar-refractivity contribution in [3.05, 3.63) is 23.9 Å². The van der Waals surface area contributed by atoms with E-state index in [0.717, 1.165) is 12.4 Å². The lowest BCUT2D eigenvalue weighted by Crippen LogP contribution is -2.26. The summed E-state index contributed by atoms with van der Waals surface area (Å²) >= 11 is 0. The van der Waals surface area contributed by atoms with E-state index < -0.39 is 0 Å². The average Bonchev–Trinajstić information content (AvgIpc) is 3.15. The number of hydrogen-bond donors (Lipinski definition) is 2. The summed E-state index contributed by atoms with van der Waals surface area (Å²) in [6.45, 7) is 1.15. The monoisotopic (exact) mass is 217 g/mol. The topological polar surface area (TPSA) is 37.0 Å². The molecule has 1 atom stereocenters. The van der Waals surface area contributed by atoms with Gasteiger partial charge in [0.1, 0.15) is 5.82 Å². The van der Waals surface area contributed by atoms with Crippen molar-refractivity contribution < 1.29 is 0 Å². The van der Waals surface area contributed by atoms with Crippen LogP contribution >= 0.6 is 0 Å². The van der Waals surface area contributed by atoms with Crippen molar-refractivity contribution >= 4 is 5.82 Å². The molecule has 1 aromatic heterocycles. The second-order valence-electron chi connectivity index (χ2n) is 4.90. The van der Waals surface area contributed by atoms with Crippen molar-refractivity contribution in [2.24, 2.45) is 0 Å². The van der Waals surface area contributed by atoms with Crippen molar-refractivity contribution in [3.8, 4) is 0 Å². The SMILES string of the molecule is c1cc(NC2CC2)ncc1C1CCCCN1. The molecule has 3 rings (SSSR count). The largest absolute Gasteiger partial charge is 0.367 e. The van der Waals surface area contributed by atoms with Crippen LogP contribution in [0.4, 0.5) is 5.82 Å². The van der Waals surface area contributed by atoms with E-state index in [1.165, 1.54) is 37.7 Å². The summed E-state index contributed by atoms with van der Waals surface area (Å²) in [5, 5.41) is 6.96. The Morgan fingerprint density at radius 3 is 2.75 bits per heavy atom. The van der Waals surface area contributed by atoms with Crippen LogP contribution in [0.3, 0.4) is 0 Å². The summed E-state index contributed by atoms with van der Waals surface area (Å²) in [5.41, 5.74) is 1.33. The fraction of sp³-hybridized carbons (Fsp3) is 0.615. The predicted octanol–water partition coefficient (Wildman–Crippen LogP) is 2.47. The van der Waals surface area contributed by atoms with Gasteiger partial charge in [-0.2, -0.15) is 0 Å². The molecule has 0 radical (unpaired) electrons. The number of hydrogen-bond acceptors (Lipinski definition) is 3. The zero-order valence-electron chi connectivity index (χ0n) is 9.58. The molecule has 0 aromatic carbocycles. The van der Waals surface area contributed by atoms with Crippen LogP contribution in [0.25, 0.3) is 0 Å². The number of aromatic nitrogens is 1. The maximum atomic E-state index is 4.48. The third-order valence-corrected chi connectivity index (χ3v) is 3.43. The van der Waals surface area contributed by atoms with Crippen molar-refractivity contribution in [2.45, 2.75) is 44.2 Å². The number of nitrogens with zero attached hydrogens (tertiary/aromatic N) is 1. The van der Waals surface area contributed by atoms with Gasteiger partial charge < -0.3 is 10.6 Å². The van der Waals surface area contributed by atoms with Crippen molar-refractivity contribution in [3.63, 3.8) is 0 Å². The lowest BCUT2D eigenvalue weighted by atomic mass is 9.99. The third-order valence-electron chi connectivity index (χ3n) is 3.43. The Labute approximate surface area is 96.7 Å². The zero-order chi connectivity index (χ0) is 10.8. The van der Waals surface area contributed by atoms with E-state index in [1.54, 1.807) is 0 Å². The average molecular weight is 217 g/mol. The smallest absolute Gasteiger partial charge is 0.126 e. The van der Waals surface area contributed by atoms with E-state index in [9.17, 15) is 0 Å². The number of anilines is 1. The molecule has 2 fully saturated rings. The Morgan fingerprint density at radius 2 is 2.12 bits per heavy atom. The van der Waals surface area contributed by atoms with Gasteiger partial charge in [0.2, 0.25) is 0 Å². The van der Waals surface area contributed by atoms with Crippen LogP contribution in [0.15, 0.2) is 18.3 Å². The molecular formula is C13H19N3. The normalized spacial score (nSPS) is 25.4. The van der Waals surface area contributed by atoms with E-state index in [0.29, 0.717) is 12.1 Å². The minimum atomic E-state index is 0.524. The quantitative estimate of drug-likeness (QED) is 0.816. The Hall–Kier alpha value is -1.09. The lowest BCUT2D eigenvalue weighted by molar-refractivity contribution is 0.411. The van der Waals surface area contributed by atoms with Gasteiger partial charge in [0.25, 0.3) is 0 Å². The molecule has 2 aliphatic rings. The van der Waals surface area contributed by atoms with Crippen molar-refractivity contribution in [2.75, 3.05) is 11.9 Å². The second kappa shape index (κ2) is 4.42. The summed E-state index contributed by atoms with van der Waals surface area (Å²) in [6, 6.07) is 5.53. The van der Waals surface area contributed by atoms with Gasteiger partial charge in [-0.05, 0) is 43.9 Å². The molecule has 0 amide bonds. The van der Waals surface area contributed by atoms with E-state index >= 15 is 0 Å². The Bertz CT molecular complexity index is 337. The molecule has 1 unspecified atom stereocenters. The zero-order valence-corrected chi connectivity index (χ0v) is 9.58. The van der Waals surface area contributed by atoms with Crippen LogP contribution in [-0.2, 0) is 0 Å². The summed E-state index contributed by atoms with van der Waals surface area (Å²) in [5.74, 6) is 1.03. The summed E-state index contributed by atoms with van der Waals surface area (Å²) in [6.07, 6.45) is 8.51. The van der Waals surface area contributed by atoms with Crippen LogP contribution in [0.1, 0.15) is 43.7 Å². The number of pyridine rings is 1. The fourth-order valence-corrected chi connectivity index (χ4v) is 2.27. The summed E-state index contributed by atoms with van der Waals surface area (Å²) < 4.78 is 0. The maximum Gasteiger partial charge on any atom is 0.126 e. The highest BCUT2D eigenvalue weighted by atomic mass is 15.0. The first-order valence-electron chi connectivity index (χ1n) is 6.38. The molecule has 1 aromatic rings. The molecule has 0 spiro atoms. The molecule has 1 saturated carbocycles. The summed E-state index contributed by atoms with van der Waals surface area (Å²) in [7, 11) is 0. The first-order chi connectivity index (χ1) is 7.92. The van der Waals surface area contributed by atoms with Gasteiger partial charge in [-0.1, -0.05) is 12.5 Å². The molecule has 2 heterocycles. The first kappa shape index (κ1) is 10.1. The third kappa shape index (κ3) is 2.35. The van der Waals surface area contributed by atoms with Gasteiger partial charge in [0.15, 0.2) is 0 Å². The minimum absolute atomic E-state index is 0.524. The van der Waals surface area contributed by atoms with Gasteiger partial charge in [0.05, 0.1) is 0 Å². The Kier molecular flexibility index (Phi) is 2.79. The standard InChI is InChI=1S/C13H19N3/c1-2-8-14-12(3-1)10-4-7-13(15-9-10)16-11-5-6-11/h4,7,9,11-12,14H,1-3,5-6,8H2,(H,15,16). The van der Waals surface area contributed by atoms with E-state index in [1.807, 2.05) is 6.20 Å². The van der Waals surface area contributed by atoms with Crippen LogP contribution in [0, 0.1) is 0 Å². The molecule has 1 aliphatic carbocycles. The van der Waals surface area contributed by atoms with E-state index in [2.05, 4.69) is 27.8 Å². The second-order valence-corrected chi connectivity index (χ2v) is 4.90. The first-order valence-corrected chi connectivity index (χ1v) is 6.38. The maximum absolute atomic E-state index is 4.48. The summed E-state index contributed by atoms with van der Waals surface area (Å²) in [4.78, 5) is 4.48. The molecule has 1 aliphatic heterocycles. The van der Waals surface area contributed by atoms with E-state index in [4.69, 9.17) is 0 Å². The van der Waals surface area contributed by atoms with Gasteiger partial charge in [0, 0.05) is 18.3 Å². The van der Waals surface area contributed by atoms with Crippen LogP contribution in [0.5, 0.6) is 0 Å². The highest BCUT2D eigenvalue weighted by Crippen LogP contribution is 2.25. The molecule has 1 saturated heterocycles. The number of piperidine rings is 1. The molecule has 3 heteroatoms. The van der Waals surface area contributed by atoms with Crippen molar-refractivity contribution in [1.29, 1.82) is 0 Å². The number of nitrogens with one attached hydrogen (secondary N) is 2. The molecule has 3 nitrogen and oxygen atoms in total. The number of rotatable bonds is 3. The molecular weight excluding hydrogens is 198 g/mol. The van der Waals surface area contributed by atoms with Gasteiger partial charge in [-0.3, -0.25) is 0 Å². The fourth-order valence-electron chi connectivity index (χ4n) is 2.27. The molecule has 0 bridgehead atoms. The van der Waals surface area contributed by atoms with Crippen LogP contribution < -0.4 is 10.6 Å². The highest BCUT2D eigenvalue weighted by Gasteiger charge is 2.21. The van der Waals surface area contributed by atoms with E-state index in [-0.39, 0.29) is 0 Å². The predicted molar refractivity (Wildman–Crippen MR) is 65.5 cm³/mol. The van der Waals surface area contributed by atoms with Gasteiger partial charge in [-0.25, -0.2) is 4.98 Å². The van der Waals surface area contributed by atoms with Crippen molar-refractivity contribution in [1.82, 2.24) is 10.3 Å². The van der Waals surface area contributed by atoms with Crippen LogP contribution in [0.2, 0.25) is 0 Å². The molecule has 2 N–H and O–H groups in total. The Balaban J connectivity index is 1.65.